The minimum Gasteiger partial charge on any atom is -0.383 e. The first kappa shape index (κ1) is 16.0. The van der Waals surface area contributed by atoms with E-state index in [0.29, 0.717) is 26.8 Å². The van der Waals surface area contributed by atoms with Crippen molar-refractivity contribution < 1.29 is 9.53 Å². The summed E-state index contributed by atoms with van der Waals surface area (Å²) in [6.45, 7) is 3.32. The lowest BCUT2D eigenvalue weighted by molar-refractivity contribution is 0.0933. The molecule has 1 N–H and O–H groups in total. The van der Waals surface area contributed by atoms with Crippen molar-refractivity contribution in [1.82, 2.24) is 10.2 Å². The fraction of sp³-hybridized carbons (Fsp3) is 0.615. The van der Waals surface area contributed by atoms with Gasteiger partial charge in [0.25, 0.3) is 5.91 Å². The Hall–Kier alpha value is -0.330. The molecule has 1 atom stereocenters. The van der Waals surface area contributed by atoms with Crippen molar-refractivity contribution in [2.45, 2.75) is 18.9 Å². The summed E-state index contributed by atoms with van der Waals surface area (Å²) in [6, 6.07) is 1.99. The van der Waals surface area contributed by atoms with Gasteiger partial charge in [0.2, 0.25) is 0 Å². The van der Waals surface area contributed by atoms with Crippen LogP contribution in [0, 0.1) is 0 Å². The van der Waals surface area contributed by atoms with E-state index in [9.17, 15) is 4.79 Å². The van der Waals surface area contributed by atoms with E-state index in [-0.39, 0.29) is 5.91 Å². The Morgan fingerprint density at radius 1 is 1.60 bits per heavy atom. The average molecular weight is 337 g/mol. The predicted octanol–water partition coefficient (Wildman–Crippen LogP) is 2.90. The van der Waals surface area contributed by atoms with Gasteiger partial charge in [-0.1, -0.05) is 23.2 Å². The van der Waals surface area contributed by atoms with Gasteiger partial charge in [-0.3, -0.25) is 9.69 Å². The number of hydrogen-bond donors (Lipinski definition) is 1. The van der Waals surface area contributed by atoms with Crippen LogP contribution in [0.3, 0.4) is 0 Å². The summed E-state index contributed by atoms with van der Waals surface area (Å²) in [5.74, 6) is -0.156. The second-order valence-electron chi connectivity index (χ2n) is 4.77. The van der Waals surface area contributed by atoms with E-state index in [0.717, 1.165) is 32.5 Å². The van der Waals surface area contributed by atoms with E-state index < -0.39 is 0 Å². The number of likely N-dealkylation sites (tertiary alicyclic amines) is 1. The van der Waals surface area contributed by atoms with E-state index in [4.69, 9.17) is 27.9 Å². The molecule has 20 heavy (non-hydrogen) atoms. The number of carbonyl (C=O) groups is 1. The van der Waals surface area contributed by atoms with Crippen molar-refractivity contribution in [3.05, 3.63) is 20.3 Å². The minimum absolute atomic E-state index is 0.156. The van der Waals surface area contributed by atoms with E-state index in [1.54, 1.807) is 13.2 Å². The Morgan fingerprint density at radius 3 is 3.05 bits per heavy atom. The lowest BCUT2D eigenvalue weighted by Crippen LogP contribution is -2.41. The lowest BCUT2D eigenvalue weighted by Gasteiger charge is -2.24. The fourth-order valence-corrected chi connectivity index (χ4v) is 3.89. The average Bonchev–Trinajstić information content (AvgIpc) is 2.99. The van der Waals surface area contributed by atoms with Crippen molar-refractivity contribution in [3.63, 3.8) is 0 Å². The Bertz CT molecular complexity index is 467. The molecule has 0 saturated carbocycles. The van der Waals surface area contributed by atoms with Gasteiger partial charge >= 0.3 is 0 Å². The number of rotatable bonds is 6. The number of nitrogens with zero attached hydrogens (tertiary/aromatic N) is 1. The van der Waals surface area contributed by atoms with Crippen molar-refractivity contribution in [2.24, 2.45) is 0 Å². The van der Waals surface area contributed by atoms with Crippen LogP contribution in [0.5, 0.6) is 0 Å². The molecule has 0 radical (unpaired) electrons. The third-order valence-electron chi connectivity index (χ3n) is 3.48. The topological polar surface area (TPSA) is 41.6 Å². The number of nitrogens with one attached hydrogen (secondary N) is 1. The van der Waals surface area contributed by atoms with E-state index in [1.807, 2.05) is 0 Å². The molecular formula is C13H18Cl2N2O2S. The molecular weight excluding hydrogens is 319 g/mol. The molecule has 7 heteroatoms. The highest BCUT2D eigenvalue weighted by atomic mass is 35.5. The van der Waals surface area contributed by atoms with E-state index >= 15 is 0 Å². The number of thiophene rings is 1. The number of methoxy groups -OCH3 is 1. The number of ether oxygens (including phenoxy) is 1. The summed E-state index contributed by atoms with van der Waals surface area (Å²) in [5, 5.41) is 2.94. The molecule has 2 heterocycles. The van der Waals surface area contributed by atoms with Gasteiger partial charge in [-0.25, -0.2) is 0 Å². The largest absolute Gasteiger partial charge is 0.383 e. The maximum absolute atomic E-state index is 12.1. The molecule has 0 aromatic carbocycles. The van der Waals surface area contributed by atoms with E-state index in [2.05, 4.69) is 10.2 Å². The van der Waals surface area contributed by atoms with Crippen LogP contribution >= 0.6 is 34.5 Å². The van der Waals surface area contributed by atoms with Gasteiger partial charge < -0.3 is 10.1 Å². The van der Waals surface area contributed by atoms with E-state index in [1.165, 1.54) is 11.3 Å². The summed E-state index contributed by atoms with van der Waals surface area (Å²) in [6.07, 6.45) is 2.26. The third-order valence-corrected chi connectivity index (χ3v) is 4.97. The standard InChI is InChI=1S/C13H18Cl2N2O2S/c1-19-6-5-17-4-2-3-9(17)8-16-13(18)10-7-11(14)20-12(10)15/h7,9H,2-6,8H2,1H3,(H,16,18). The predicted molar refractivity (Wildman–Crippen MR) is 83.1 cm³/mol. The number of amides is 1. The maximum atomic E-state index is 12.1. The first-order chi connectivity index (χ1) is 9.61. The van der Waals surface area contributed by atoms with Gasteiger partial charge in [0, 0.05) is 26.2 Å². The molecule has 0 bridgehead atoms. The quantitative estimate of drug-likeness (QED) is 0.868. The van der Waals surface area contributed by atoms with Gasteiger partial charge in [-0.05, 0) is 25.5 Å². The van der Waals surface area contributed by atoms with Crippen LogP contribution in [-0.2, 0) is 4.74 Å². The van der Waals surface area contributed by atoms with Crippen molar-refractivity contribution in [1.29, 1.82) is 0 Å². The molecule has 4 nitrogen and oxygen atoms in total. The third kappa shape index (κ3) is 4.09. The summed E-state index contributed by atoms with van der Waals surface area (Å²) < 4.78 is 6.08. The molecule has 112 valence electrons. The van der Waals surface area contributed by atoms with Crippen molar-refractivity contribution in [2.75, 3.05) is 33.4 Å². The smallest absolute Gasteiger partial charge is 0.253 e. The molecule has 1 aliphatic rings. The SMILES string of the molecule is COCCN1CCCC1CNC(=O)c1cc(Cl)sc1Cl. The summed E-state index contributed by atoms with van der Waals surface area (Å²) >= 11 is 13.0. The zero-order valence-corrected chi connectivity index (χ0v) is 13.7. The second-order valence-corrected chi connectivity index (χ2v) is 7.06. The number of carbonyl (C=O) groups excluding carboxylic acids is 1. The Kier molecular flexibility index (Phi) is 6.11. The van der Waals surface area contributed by atoms with Crippen LogP contribution in [0.15, 0.2) is 6.07 Å². The molecule has 1 fully saturated rings. The molecule has 1 aromatic heterocycles. The monoisotopic (exact) mass is 336 g/mol. The fourth-order valence-electron chi connectivity index (χ4n) is 2.43. The van der Waals surface area contributed by atoms with Gasteiger partial charge in [-0.2, -0.15) is 0 Å². The first-order valence-corrected chi connectivity index (χ1v) is 8.15. The normalized spacial score (nSPS) is 19.4. The molecule has 1 aliphatic heterocycles. The van der Waals surface area contributed by atoms with Crippen LogP contribution in [0.2, 0.25) is 8.67 Å². The van der Waals surface area contributed by atoms with Crippen LogP contribution in [0.1, 0.15) is 23.2 Å². The van der Waals surface area contributed by atoms with Crippen LogP contribution in [-0.4, -0.2) is 50.2 Å². The molecule has 1 saturated heterocycles. The molecule has 1 amide bonds. The highest BCUT2D eigenvalue weighted by molar-refractivity contribution is 7.20. The highest BCUT2D eigenvalue weighted by Crippen LogP contribution is 2.31. The molecule has 1 unspecified atom stereocenters. The maximum Gasteiger partial charge on any atom is 0.253 e. The first-order valence-electron chi connectivity index (χ1n) is 6.58. The Morgan fingerprint density at radius 2 is 2.40 bits per heavy atom. The summed E-state index contributed by atoms with van der Waals surface area (Å²) in [5.41, 5.74) is 0.461. The Labute approximate surface area is 133 Å². The van der Waals surface area contributed by atoms with Gasteiger partial charge in [-0.15, -0.1) is 11.3 Å². The van der Waals surface area contributed by atoms with Crippen LogP contribution in [0.25, 0.3) is 0 Å². The Balaban J connectivity index is 1.85. The van der Waals surface area contributed by atoms with Crippen LogP contribution in [0.4, 0.5) is 0 Å². The highest BCUT2D eigenvalue weighted by Gasteiger charge is 2.25. The molecule has 0 spiro atoms. The molecule has 1 aromatic rings. The van der Waals surface area contributed by atoms with Crippen molar-refractivity contribution >= 4 is 40.4 Å². The van der Waals surface area contributed by atoms with Crippen molar-refractivity contribution in [3.8, 4) is 0 Å². The lowest BCUT2D eigenvalue weighted by atomic mass is 10.2. The zero-order chi connectivity index (χ0) is 14.5. The van der Waals surface area contributed by atoms with Gasteiger partial charge in [0.15, 0.2) is 0 Å². The molecule has 2 rings (SSSR count). The minimum atomic E-state index is -0.156. The number of halogens is 2. The summed E-state index contributed by atoms with van der Waals surface area (Å²) in [7, 11) is 1.70. The van der Waals surface area contributed by atoms with Gasteiger partial charge in [0.1, 0.15) is 4.34 Å². The molecule has 0 aliphatic carbocycles. The second kappa shape index (κ2) is 7.61. The van der Waals surface area contributed by atoms with Crippen LogP contribution < -0.4 is 5.32 Å². The zero-order valence-electron chi connectivity index (χ0n) is 11.3. The van der Waals surface area contributed by atoms with Gasteiger partial charge in [0.05, 0.1) is 16.5 Å². The number of hydrogen-bond acceptors (Lipinski definition) is 4. The summed E-state index contributed by atoms with van der Waals surface area (Å²) in [4.78, 5) is 14.4.